The number of rotatable bonds is 5. The van der Waals surface area contributed by atoms with Crippen LogP contribution in [-0.4, -0.2) is 29.9 Å². The highest BCUT2D eigenvalue weighted by Gasteiger charge is 2.29. The number of benzene rings is 1. The maximum atomic E-state index is 12.4. The zero-order valence-electron chi connectivity index (χ0n) is 15.0. The van der Waals surface area contributed by atoms with Gasteiger partial charge in [-0.25, -0.2) is 4.79 Å². The van der Waals surface area contributed by atoms with Crippen LogP contribution in [0.25, 0.3) is 6.08 Å². The minimum atomic E-state index is -0.639. The Morgan fingerprint density at radius 3 is 2.70 bits per heavy atom. The first-order valence-corrected chi connectivity index (χ1v) is 8.37. The highest BCUT2D eigenvalue weighted by Crippen LogP contribution is 2.33. The summed E-state index contributed by atoms with van der Waals surface area (Å²) in [6.07, 6.45) is 4.84. The summed E-state index contributed by atoms with van der Waals surface area (Å²) in [5.74, 6) is -1.29. The number of hydrogen-bond donors (Lipinski definition) is 0. The lowest BCUT2D eigenvalue weighted by Gasteiger charge is -2.32. The van der Waals surface area contributed by atoms with Crippen molar-refractivity contribution in [1.29, 1.82) is 0 Å². The van der Waals surface area contributed by atoms with Gasteiger partial charge in [0.25, 0.3) is 0 Å². The first-order valence-electron chi connectivity index (χ1n) is 8.37. The Bertz CT molecular complexity index is 897. The van der Waals surface area contributed by atoms with E-state index in [1.165, 1.54) is 25.2 Å². The second-order valence-electron chi connectivity index (χ2n) is 6.02. The van der Waals surface area contributed by atoms with Crippen molar-refractivity contribution in [3.8, 4) is 0 Å². The van der Waals surface area contributed by atoms with Gasteiger partial charge < -0.3 is 18.8 Å². The fraction of sp³-hybridized carbons (Fsp3) is 0.250. The van der Waals surface area contributed by atoms with Crippen LogP contribution >= 0.6 is 0 Å². The molecule has 1 aliphatic heterocycles. The zero-order valence-corrected chi connectivity index (χ0v) is 15.0. The Balaban J connectivity index is 1.71. The third-order valence-electron chi connectivity index (χ3n) is 4.34. The van der Waals surface area contributed by atoms with Crippen LogP contribution in [-0.2, 0) is 25.7 Å². The molecule has 1 unspecified atom stereocenters. The van der Waals surface area contributed by atoms with Crippen molar-refractivity contribution in [1.82, 2.24) is 4.90 Å². The van der Waals surface area contributed by atoms with E-state index in [-0.39, 0.29) is 24.7 Å². The van der Waals surface area contributed by atoms with Gasteiger partial charge in [0.2, 0.25) is 11.7 Å². The maximum Gasteiger partial charge on any atom is 0.374 e. The number of amides is 1. The van der Waals surface area contributed by atoms with Crippen LogP contribution in [0.4, 0.5) is 0 Å². The van der Waals surface area contributed by atoms with Crippen molar-refractivity contribution in [2.75, 3.05) is 7.11 Å². The number of carbonyl (C=O) groups is 3. The normalized spacial score (nSPS) is 15.2. The van der Waals surface area contributed by atoms with E-state index in [0.29, 0.717) is 5.56 Å². The summed E-state index contributed by atoms with van der Waals surface area (Å²) in [5.41, 5.74) is 2.25. The summed E-state index contributed by atoms with van der Waals surface area (Å²) in [7, 11) is 1.24. The van der Waals surface area contributed by atoms with Gasteiger partial charge in [0, 0.05) is 18.7 Å². The topological polar surface area (TPSA) is 86.1 Å². The number of nitrogens with zero attached hydrogens (tertiary/aromatic N) is 1. The lowest BCUT2D eigenvalue weighted by atomic mass is 9.94. The van der Waals surface area contributed by atoms with E-state index in [9.17, 15) is 14.4 Å². The van der Waals surface area contributed by atoms with Crippen molar-refractivity contribution in [3.05, 3.63) is 65.2 Å². The van der Waals surface area contributed by atoms with Crippen LogP contribution in [0.1, 0.15) is 46.6 Å². The molecule has 1 aromatic heterocycles. The van der Waals surface area contributed by atoms with Gasteiger partial charge in [-0.05, 0) is 23.3 Å². The molecular weight excluding hydrogens is 350 g/mol. The fourth-order valence-corrected chi connectivity index (χ4v) is 3.01. The SMILES string of the molecule is COC(=O)c1occc1COC(=O)CC1c2ccccc2C=CN1C(C)=O. The van der Waals surface area contributed by atoms with Crippen molar-refractivity contribution in [3.63, 3.8) is 0 Å². The third kappa shape index (κ3) is 3.92. The summed E-state index contributed by atoms with van der Waals surface area (Å²) in [4.78, 5) is 37.5. The molecule has 0 N–H and O–H groups in total. The van der Waals surface area contributed by atoms with Gasteiger partial charge in [0.1, 0.15) is 6.61 Å². The minimum absolute atomic E-state index is 0.00149. The first-order chi connectivity index (χ1) is 13.0. The Labute approximate surface area is 156 Å². The average molecular weight is 369 g/mol. The second kappa shape index (κ2) is 7.90. The maximum absolute atomic E-state index is 12.4. The van der Waals surface area contributed by atoms with E-state index in [0.717, 1.165) is 11.1 Å². The summed E-state index contributed by atoms with van der Waals surface area (Å²) < 4.78 is 15.0. The third-order valence-corrected chi connectivity index (χ3v) is 4.34. The van der Waals surface area contributed by atoms with Crippen LogP contribution in [0.15, 0.2) is 47.2 Å². The molecule has 0 spiro atoms. The van der Waals surface area contributed by atoms with Gasteiger partial charge in [-0.3, -0.25) is 9.59 Å². The first kappa shape index (κ1) is 18.4. The van der Waals surface area contributed by atoms with Crippen LogP contribution in [0, 0.1) is 0 Å². The van der Waals surface area contributed by atoms with E-state index in [1.54, 1.807) is 12.3 Å². The summed E-state index contributed by atoms with van der Waals surface area (Å²) >= 11 is 0. The van der Waals surface area contributed by atoms with Crippen molar-refractivity contribution in [2.45, 2.75) is 26.0 Å². The predicted molar refractivity (Wildman–Crippen MR) is 95.2 cm³/mol. The zero-order chi connectivity index (χ0) is 19.4. The van der Waals surface area contributed by atoms with E-state index in [1.807, 2.05) is 30.3 Å². The van der Waals surface area contributed by atoms with Gasteiger partial charge in [-0.15, -0.1) is 0 Å². The quantitative estimate of drug-likeness (QED) is 0.753. The molecule has 1 aromatic carbocycles. The predicted octanol–water partition coefficient (Wildman–Crippen LogP) is 3.07. The molecular formula is C20H19NO6. The van der Waals surface area contributed by atoms with Crippen molar-refractivity contribution in [2.24, 2.45) is 0 Å². The highest BCUT2D eigenvalue weighted by atomic mass is 16.5. The molecule has 1 amide bonds. The minimum Gasteiger partial charge on any atom is -0.463 e. The number of ether oxygens (including phenoxy) is 2. The molecule has 2 aromatic rings. The van der Waals surface area contributed by atoms with Gasteiger partial charge >= 0.3 is 11.9 Å². The molecule has 0 fully saturated rings. The Morgan fingerprint density at radius 2 is 1.96 bits per heavy atom. The Morgan fingerprint density at radius 1 is 1.19 bits per heavy atom. The van der Waals surface area contributed by atoms with Crippen LogP contribution < -0.4 is 0 Å². The van der Waals surface area contributed by atoms with E-state index >= 15 is 0 Å². The Hall–Kier alpha value is -3.35. The molecule has 1 atom stereocenters. The van der Waals surface area contributed by atoms with Gasteiger partial charge in [-0.1, -0.05) is 24.3 Å². The second-order valence-corrected chi connectivity index (χ2v) is 6.02. The molecule has 0 saturated carbocycles. The largest absolute Gasteiger partial charge is 0.463 e. The molecule has 2 heterocycles. The van der Waals surface area contributed by atoms with Gasteiger partial charge in [0.05, 0.1) is 25.8 Å². The summed E-state index contributed by atoms with van der Waals surface area (Å²) in [5, 5.41) is 0. The average Bonchev–Trinajstić information content (AvgIpc) is 3.14. The Kier molecular flexibility index (Phi) is 5.40. The summed E-state index contributed by atoms with van der Waals surface area (Å²) in [6.45, 7) is 1.33. The van der Waals surface area contributed by atoms with Crippen LogP contribution in [0.3, 0.4) is 0 Å². The molecule has 0 saturated heterocycles. The molecule has 0 aliphatic carbocycles. The van der Waals surface area contributed by atoms with E-state index in [4.69, 9.17) is 9.15 Å². The molecule has 0 bridgehead atoms. The molecule has 3 rings (SSSR count). The molecule has 0 radical (unpaired) electrons. The lowest BCUT2D eigenvalue weighted by molar-refractivity contribution is -0.147. The smallest absolute Gasteiger partial charge is 0.374 e. The standard InChI is InChI=1S/C20H19NO6/c1-13(22)21-9-7-14-5-3-4-6-16(14)17(21)11-18(23)27-12-15-8-10-26-19(15)20(24)25-2/h3-10,17H,11-12H2,1-2H3. The number of carbonyl (C=O) groups excluding carboxylic acids is 3. The number of methoxy groups -OCH3 is 1. The monoisotopic (exact) mass is 369 g/mol. The van der Waals surface area contributed by atoms with Gasteiger partial charge in [-0.2, -0.15) is 0 Å². The van der Waals surface area contributed by atoms with Crippen LogP contribution in [0.5, 0.6) is 0 Å². The molecule has 1 aliphatic rings. The van der Waals surface area contributed by atoms with Crippen molar-refractivity contribution < 1.29 is 28.3 Å². The van der Waals surface area contributed by atoms with E-state index in [2.05, 4.69) is 4.74 Å². The number of fused-ring (bicyclic) bond motifs is 1. The number of furan rings is 1. The number of hydrogen-bond acceptors (Lipinski definition) is 6. The molecule has 27 heavy (non-hydrogen) atoms. The molecule has 7 heteroatoms. The van der Waals surface area contributed by atoms with Crippen molar-refractivity contribution >= 4 is 23.9 Å². The molecule has 140 valence electrons. The number of esters is 2. The lowest BCUT2D eigenvalue weighted by Crippen LogP contribution is -2.32. The van der Waals surface area contributed by atoms with E-state index < -0.39 is 18.0 Å². The van der Waals surface area contributed by atoms with Gasteiger partial charge in [0.15, 0.2) is 0 Å². The summed E-state index contributed by atoms with van der Waals surface area (Å²) in [6, 6.07) is 8.67. The highest BCUT2D eigenvalue weighted by molar-refractivity contribution is 5.88. The molecule has 7 nitrogen and oxygen atoms in total. The fourth-order valence-electron chi connectivity index (χ4n) is 3.01. The van der Waals surface area contributed by atoms with Crippen LogP contribution in [0.2, 0.25) is 0 Å².